The van der Waals surface area contributed by atoms with Crippen molar-refractivity contribution in [3.8, 4) is 6.07 Å². The second-order valence-corrected chi connectivity index (χ2v) is 11.9. The molecule has 0 spiro atoms. The lowest BCUT2D eigenvalue weighted by molar-refractivity contribution is -0.117. The minimum atomic E-state index is -3.53. The van der Waals surface area contributed by atoms with Gasteiger partial charge in [-0.3, -0.25) is 9.69 Å². The summed E-state index contributed by atoms with van der Waals surface area (Å²) in [7, 11) is -3.53. The van der Waals surface area contributed by atoms with Gasteiger partial charge in [0, 0.05) is 31.1 Å². The summed E-state index contributed by atoms with van der Waals surface area (Å²) in [5.74, 6) is 0.491. The molecule has 1 N–H and O–H groups in total. The molecular formula is C24H30N4O3S2. The van der Waals surface area contributed by atoms with Crippen molar-refractivity contribution in [3.05, 3.63) is 45.8 Å². The van der Waals surface area contributed by atoms with E-state index < -0.39 is 10.0 Å². The van der Waals surface area contributed by atoms with Crippen LogP contribution in [-0.2, 0) is 27.7 Å². The number of carbonyl (C=O) groups is 1. The summed E-state index contributed by atoms with van der Waals surface area (Å²) in [6, 6.07) is 9.17. The van der Waals surface area contributed by atoms with Gasteiger partial charge in [0.05, 0.1) is 17.0 Å². The van der Waals surface area contributed by atoms with Crippen molar-refractivity contribution in [2.45, 2.75) is 44.4 Å². The zero-order valence-corrected chi connectivity index (χ0v) is 20.8. The van der Waals surface area contributed by atoms with Gasteiger partial charge >= 0.3 is 0 Å². The predicted octanol–water partition coefficient (Wildman–Crippen LogP) is 3.39. The van der Waals surface area contributed by atoms with Crippen LogP contribution in [0.15, 0.2) is 29.2 Å². The molecule has 33 heavy (non-hydrogen) atoms. The quantitative estimate of drug-likeness (QED) is 0.676. The summed E-state index contributed by atoms with van der Waals surface area (Å²) in [5.41, 5.74) is 2.74. The van der Waals surface area contributed by atoms with Gasteiger partial charge in [-0.25, -0.2) is 8.42 Å². The molecule has 1 fully saturated rings. The minimum absolute atomic E-state index is 0.160. The predicted molar refractivity (Wildman–Crippen MR) is 130 cm³/mol. The Kier molecular flexibility index (Phi) is 7.19. The molecule has 0 radical (unpaired) electrons. The third kappa shape index (κ3) is 5.14. The first-order valence-electron chi connectivity index (χ1n) is 11.5. The summed E-state index contributed by atoms with van der Waals surface area (Å²) < 4.78 is 27.2. The van der Waals surface area contributed by atoms with E-state index in [1.165, 1.54) is 20.5 Å². The normalized spacial score (nSPS) is 19.6. The molecule has 1 aliphatic heterocycles. The molecule has 1 amide bonds. The SMILES string of the molecule is CCC1CCc2c(sc(NC(=O)CN3CCN(S(=O)(=O)c4ccc(C)cc4)CC3)c2C#N)C1. The Balaban J connectivity index is 1.34. The van der Waals surface area contributed by atoms with Crippen LogP contribution in [0.5, 0.6) is 0 Å². The number of carbonyl (C=O) groups excluding carboxylic acids is 1. The molecule has 4 rings (SSSR count). The van der Waals surface area contributed by atoms with Gasteiger partial charge in [-0.2, -0.15) is 9.57 Å². The summed E-state index contributed by atoms with van der Waals surface area (Å²) in [5, 5.41) is 13.3. The van der Waals surface area contributed by atoms with Gasteiger partial charge in [0.1, 0.15) is 11.1 Å². The van der Waals surface area contributed by atoms with Gasteiger partial charge in [-0.15, -0.1) is 11.3 Å². The molecule has 0 saturated carbocycles. The summed E-state index contributed by atoms with van der Waals surface area (Å²) in [6.45, 7) is 5.97. The third-order valence-electron chi connectivity index (χ3n) is 6.67. The number of anilines is 1. The number of thiophene rings is 1. The van der Waals surface area contributed by atoms with Crippen LogP contribution in [-0.4, -0.2) is 56.3 Å². The molecule has 1 unspecified atom stereocenters. The highest BCUT2D eigenvalue weighted by Gasteiger charge is 2.30. The van der Waals surface area contributed by atoms with E-state index >= 15 is 0 Å². The van der Waals surface area contributed by atoms with Crippen molar-refractivity contribution in [1.29, 1.82) is 5.26 Å². The molecule has 1 aromatic heterocycles. The number of piperazine rings is 1. The third-order valence-corrected chi connectivity index (χ3v) is 9.75. The van der Waals surface area contributed by atoms with Crippen LogP contribution in [0.25, 0.3) is 0 Å². The number of hydrogen-bond acceptors (Lipinski definition) is 6. The van der Waals surface area contributed by atoms with E-state index in [1.807, 2.05) is 11.8 Å². The van der Waals surface area contributed by atoms with Crippen LogP contribution in [0.1, 0.15) is 41.3 Å². The Morgan fingerprint density at radius 2 is 1.91 bits per heavy atom. The van der Waals surface area contributed by atoms with Crippen molar-refractivity contribution in [1.82, 2.24) is 9.21 Å². The van der Waals surface area contributed by atoms with Crippen molar-refractivity contribution in [3.63, 3.8) is 0 Å². The number of hydrogen-bond donors (Lipinski definition) is 1. The van der Waals surface area contributed by atoms with Gasteiger partial charge in [0.2, 0.25) is 15.9 Å². The Morgan fingerprint density at radius 1 is 1.21 bits per heavy atom. The van der Waals surface area contributed by atoms with Crippen molar-refractivity contribution in [2.75, 3.05) is 38.0 Å². The molecule has 1 saturated heterocycles. The number of nitriles is 1. The van der Waals surface area contributed by atoms with Gasteiger partial charge in [0.15, 0.2) is 0 Å². The van der Waals surface area contributed by atoms with E-state index in [4.69, 9.17) is 0 Å². The molecule has 2 aromatic rings. The van der Waals surface area contributed by atoms with E-state index in [0.29, 0.717) is 47.6 Å². The Morgan fingerprint density at radius 3 is 2.55 bits per heavy atom. The van der Waals surface area contributed by atoms with Crippen molar-refractivity contribution < 1.29 is 13.2 Å². The number of rotatable bonds is 6. The van der Waals surface area contributed by atoms with Crippen molar-refractivity contribution in [2.24, 2.45) is 5.92 Å². The van der Waals surface area contributed by atoms with E-state index in [9.17, 15) is 18.5 Å². The van der Waals surface area contributed by atoms with Gasteiger partial charge in [0.25, 0.3) is 0 Å². The first-order chi connectivity index (χ1) is 15.8. The van der Waals surface area contributed by atoms with E-state index in [2.05, 4.69) is 18.3 Å². The lowest BCUT2D eigenvalue weighted by atomic mass is 9.86. The second-order valence-electron chi connectivity index (χ2n) is 8.88. The van der Waals surface area contributed by atoms with E-state index in [-0.39, 0.29) is 12.5 Å². The van der Waals surface area contributed by atoms with Crippen LogP contribution in [0.3, 0.4) is 0 Å². The molecule has 9 heteroatoms. The monoisotopic (exact) mass is 486 g/mol. The number of aryl methyl sites for hydroxylation is 1. The molecular weight excluding hydrogens is 456 g/mol. The fourth-order valence-corrected chi connectivity index (χ4v) is 7.32. The molecule has 176 valence electrons. The number of amides is 1. The number of fused-ring (bicyclic) bond motifs is 1. The molecule has 2 aliphatic rings. The second kappa shape index (κ2) is 9.94. The smallest absolute Gasteiger partial charge is 0.243 e. The van der Waals surface area contributed by atoms with Gasteiger partial charge < -0.3 is 5.32 Å². The summed E-state index contributed by atoms with van der Waals surface area (Å²) in [4.78, 5) is 16.2. The number of nitrogens with zero attached hydrogens (tertiary/aromatic N) is 3. The zero-order chi connectivity index (χ0) is 23.6. The summed E-state index contributed by atoms with van der Waals surface area (Å²) >= 11 is 1.54. The highest BCUT2D eigenvalue weighted by atomic mass is 32.2. The van der Waals surface area contributed by atoms with Crippen LogP contribution in [0.4, 0.5) is 5.00 Å². The molecule has 1 atom stereocenters. The molecule has 0 bridgehead atoms. The van der Waals surface area contributed by atoms with Crippen molar-refractivity contribution >= 4 is 32.3 Å². The van der Waals surface area contributed by atoms with Crippen LogP contribution >= 0.6 is 11.3 Å². The number of sulfonamides is 1. The zero-order valence-electron chi connectivity index (χ0n) is 19.1. The van der Waals surface area contributed by atoms with Gasteiger partial charge in [-0.1, -0.05) is 31.0 Å². The maximum Gasteiger partial charge on any atom is 0.243 e. The van der Waals surface area contributed by atoms with Crippen LogP contribution in [0, 0.1) is 24.2 Å². The Labute approximate surface area is 200 Å². The first kappa shape index (κ1) is 23.9. The summed E-state index contributed by atoms with van der Waals surface area (Å²) in [6.07, 6.45) is 4.11. The molecule has 1 aromatic carbocycles. The van der Waals surface area contributed by atoms with E-state index in [0.717, 1.165) is 36.8 Å². The van der Waals surface area contributed by atoms with E-state index in [1.54, 1.807) is 24.3 Å². The topological polar surface area (TPSA) is 93.5 Å². The average molecular weight is 487 g/mol. The molecule has 2 heterocycles. The highest BCUT2D eigenvalue weighted by molar-refractivity contribution is 7.89. The van der Waals surface area contributed by atoms with Gasteiger partial charge in [-0.05, 0) is 49.8 Å². The number of nitrogens with one attached hydrogen (secondary N) is 1. The fourth-order valence-electron chi connectivity index (χ4n) is 4.57. The standard InChI is InChI=1S/C24H30N4O3S2/c1-3-18-6-9-20-21(15-25)24(32-22(20)14-18)26-23(29)16-27-10-12-28(13-11-27)33(30,31)19-7-4-17(2)5-8-19/h4-5,7-8,18H,3,6,9-14,16H2,1-2H3,(H,26,29). The average Bonchev–Trinajstić information content (AvgIpc) is 3.15. The largest absolute Gasteiger partial charge is 0.315 e. The highest BCUT2D eigenvalue weighted by Crippen LogP contribution is 2.40. The maximum atomic E-state index is 12.9. The molecule has 7 nitrogen and oxygen atoms in total. The fraction of sp³-hybridized carbons (Fsp3) is 0.500. The Bertz CT molecular complexity index is 1160. The number of benzene rings is 1. The minimum Gasteiger partial charge on any atom is -0.315 e. The van der Waals surface area contributed by atoms with Crippen LogP contribution < -0.4 is 5.32 Å². The molecule has 1 aliphatic carbocycles. The lowest BCUT2D eigenvalue weighted by Crippen LogP contribution is -2.50. The lowest BCUT2D eigenvalue weighted by Gasteiger charge is -2.33. The maximum absolute atomic E-state index is 12.9. The van der Waals surface area contributed by atoms with Crippen LogP contribution in [0.2, 0.25) is 0 Å². The Hall–Kier alpha value is -2.25. The first-order valence-corrected chi connectivity index (χ1v) is 13.7.